The van der Waals surface area contributed by atoms with Crippen molar-refractivity contribution in [2.24, 2.45) is 0 Å². The van der Waals surface area contributed by atoms with Crippen LogP contribution in [0.5, 0.6) is 0 Å². The highest BCUT2D eigenvalue weighted by molar-refractivity contribution is 5.77. The van der Waals surface area contributed by atoms with Gasteiger partial charge in [0.25, 0.3) is 0 Å². The van der Waals surface area contributed by atoms with Crippen molar-refractivity contribution in [3.8, 4) is 0 Å². The Bertz CT molecular complexity index is 415. The fourth-order valence-electron chi connectivity index (χ4n) is 1.01. The average molecular weight is 222 g/mol. The summed E-state index contributed by atoms with van der Waals surface area (Å²) in [6.45, 7) is 1.14. The van der Waals surface area contributed by atoms with Gasteiger partial charge in [-0.05, 0) is 18.6 Å². The molecule has 1 aromatic rings. The van der Waals surface area contributed by atoms with E-state index in [1.54, 1.807) is 0 Å². The molecule has 0 bridgehead atoms. The van der Waals surface area contributed by atoms with Crippen LogP contribution in [0.3, 0.4) is 0 Å². The van der Waals surface area contributed by atoms with E-state index in [0.29, 0.717) is 6.07 Å². The van der Waals surface area contributed by atoms with Gasteiger partial charge in [0.2, 0.25) is 0 Å². The van der Waals surface area contributed by atoms with Crippen molar-refractivity contribution in [2.45, 2.75) is 12.8 Å². The molecule has 0 aliphatic heterocycles. The summed E-state index contributed by atoms with van der Waals surface area (Å²) < 4.78 is 51.4. The van der Waals surface area contributed by atoms with E-state index in [0.717, 1.165) is 6.92 Å². The standard InChI is InChI=1S/C9H6F4O2/c1-4-2-5(7(11)3-6(4)10)9(12,13)8(14)15/h2-3H,1H3,(H,14,15). The third kappa shape index (κ3) is 1.93. The van der Waals surface area contributed by atoms with Gasteiger partial charge in [0, 0.05) is 6.07 Å². The normalized spacial score (nSPS) is 11.5. The maximum absolute atomic E-state index is 12.9. The SMILES string of the molecule is Cc1cc(C(F)(F)C(=O)O)c(F)cc1F. The minimum atomic E-state index is -4.36. The molecule has 0 atom stereocenters. The fraction of sp³-hybridized carbons (Fsp3) is 0.222. The van der Waals surface area contributed by atoms with E-state index in [1.165, 1.54) is 0 Å². The Labute approximate surface area is 82.1 Å². The summed E-state index contributed by atoms with van der Waals surface area (Å²) in [4.78, 5) is 10.2. The second-order valence-electron chi connectivity index (χ2n) is 2.96. The number of rotatable bonds is 2. The van der Waals surface area contributed by atoms with Crippen LogP contribution in [0.25, 0.3) is 0 Å². The van der Waals surface area contributed by atoms with Gasteiger partial charge in [-0.25, -0.2) is 13.6 Å². The van der Waals surface area contributed by atoms with Crippen LogP contribution in [0.4, 0.5) is 17.6 Å². The molecule has 0 unspecified atom stereocenters. The number of halogens is 4. The van der Waals surface area contributed by atoms with Crippen LogP contribution in [0.2, 0.25) is 0 Å². The molecule has 1 rings (SSSR count). The van der Waals surface area contributed by atoms with Crippen LogP contribution < -0.4 is 0 Å². The zero-order valence-electron chi connectivity index (χ0n) is 7.52. The van der Waals surface area contributed by atoms with E-state index in [2.05, 4.69) is 0 Å². The first-order valence-corrected chi connectivity index (χ1v) is 3.84. The summed E-state index contributed by atoms with van der Waals surface area (Å²) in [7, 11) is 0. The van der Waals surface area contributed by atoms with Crippen LogP contribution >= 0.6 is 0 Å². The van der Waals surface area contributed by atoms with Crippen LogP contribution in [-0.4, -0.2) is 11.1 Å². The van der Waals surface area contributed by atoms with E-state index in [9.17, 15) is 22.4 Å². The highest BCUT2D eigenvalue weighted by Crippen LogP contribution is 2.31. The number of alkyl halides is 2. The van der Waals surface area contributed by atoms with E-state index in [1.807, 2.05) is 0 Å². The lowest BCUT2D eigenvalue weighted by atomic mass is 10.0. The second kappa shape index (κ2) is 3.52. The molecule has 0 fully saturated rings. The Morgan fingerprint density at radius 2 is 1.80 bits per heavy atom. The number of benzene rings is 1. The third-order valence-corrected chi connectivity index (χ3v) is 1.86. The van der Waals surface area contributed by atoms with E-state index in [4.69, 9.17) is 5.11 Å². The Balaban J connectivity index is 3.38. The zero-order chi connectivity index (χ0) is 11.8. The van der Waals surface area contributed by atoms with Gasteiger partial charge in [0.1, 0.15) is 11.6 Å². The predicted octanol–water partition coefficient (Wildman–Crippen LogP) is 2.45. The number of carbonyl (C=O) groups is 1. The van der Waals surface area contributed by atoms with Crippen LogP contribution in [0.15, 0.2) is 12.1 Å². The molecule has 0 heterocycles. The Kier molecular flexibility index (Phi) is 2.70. The maximum Gasteiger partial charge on any atom is 0.379 e. The number of aliphatic carboxylic acids is 1. The number of hydrogen-bond acceptors (Lipinski definition) is 1. The summed E-state index contributed by atoms with van der Waals surface area (Å²) in [5, 5.41) is 8.17. The lowest BCUT2D eigenvalue weighted by Crippen LogP contribution is -2.26. The van der Waals surface area contributed by atoms with E-state index >= 15 is 0 Å². The van der Waals surface area contributed by atoms with E-state index < -0.39 is 29.1 Å². The number of carboxylic acids is 1. The van der Waals surface area contributed by atoms with Crippen LogP contribution in [0.1, 0.15) is 11.1 Å². The number of hydrogen-bond donors (Lipinski definition) is 1. The maximum atomic E-state index is 12.9. The minimum Gasteiger partial charge on any atom is -0.477 e. The molecule has 6 heteroatoms. The Hall–Kier alpha value is -1.59. The monoisotopic (exact) mass is 222 g/mol. The first kappa shape index (κ1) is 11.5. The van der Waals surface area contributed by atoms with Gasteiger partial charge in [-0.2, -0.15) is 8.78 Å². The van der Waals surface area contributed by atoms with E-state index in [-0.39, 0.29) is 11.6 Å². The molecule has 1 aromatic carbocycles. The highest BCUT2D eigenvalue weighted by atomic mass is 19.3. The van der Waals surface area contributed by atoms with Crippen LogP contribution in [-0.2, 0) is 10.7 Å². The summed E-state index contributed by atoms with van der Waals surface area (Å²) >= 11 is 0. The molecular weight excluding hydrogens is 216 g/mol. The molecule has 0 spiro atoms. The summed E-state index contributed by atoms with van der Waals surface area (Å²) in [5.41, 5.74) is -1.58. The van der Waals surface area contributed by atoms with Gasteiger partial charge in [0.15, 0.2) is 0 Å². The zero-order valence-corrected chi connectivity index (χ0v) is 7.52. The van der Waals surface area contributed by atoms with Crippen molar-refractivity contribution >= 4 is 5.97 Å². The average Bonchev–Trinajstić information content (AvgIpc) is 2.10. The molecule has 0 saturated heterocycles. The highest BCUT2D eigenvalue weighted by Gasteiger charge is 2.43. The molecule has 2 nitrogen and oxygen atoms in total. The van der Waals surface area contributed by atoms with Gasteiger partial charge >= 0.3 is 11.9 Å². The topological polar surface area (TPSA) is 37.3 Å². The van der Waals surface area contributed by atoms with Crippen molar-refractivity contribution in [1.29, 1.82) is 0 Å². The second-order valence-corrected chi connectivity index (χ2v) is 2.96. The smallest absolute Gasteiger partial charge is 0.379 e. The quantitative estimate of drug-likeness (QED) is 0.780. The van der Waals surface area contributed by atoms with Gasteiger partial charge < -0.3 is 5.11 Å². The van der Waals surface area contributed by atoms with Crippen molar-refractivity contribution in [1.82, 2.24) is 0 Å². The van der Waals surface area contributed by atoms with Gasteiger partial charge in [0.05, 0.1) is 5.56 Å². The molecule has 1 N–H and O–H groups in total. The predicted molar refractivity (Wildman–Crippen MR) is 42.6 cm³/mol. The van der Waals surface area contributed by atoms with Crippen molar-refractivity contribution in [2.75, 3.05) is 0 Å². The van der Waals surface area contributed by atoms with Gasteiger partial charge in [-0.15, -0.1) is 0 Å². The lowest BCUT2D eigenvalue weighted by molar-refractivity contribution is -0.166. The van der Waals surface area contributed by atoms with Gasteiger partial charge in [-0.1, -0.05) is 0 Å². The summed E-state index contributed by atoms with van der Waals surface area (Å²) in [5.74, 6) is -9.42. The number of carboxylic acid groups (broad SMARTS) is 1. The molecule has 0 amide bonds. The molecular formula is C9H6F4O2. The Morgan fingerprint density at radius 3 is 2.27 bits per heavy atom. The molecule has 0 saturated carbocycles. The minimum absolute atomic E-state index is 0.238. The lowest BCUT2D eigenvalue weighted by Gasteiger charge is -2.13. The fourth-order valence-corrected chi connectivity index (χ4v) is 1.01. The first-order valence-electron chi connectivity index (χ1n) is 3.84. The first-order chi connectivity index (χ1) is 6.76. The summed E-state index contributed by atoms with van der Waals surface area (Å²) in [6, 6.07) is 0.723. The molecule has 0 radical (unpaired) electrons. The number of aryl methyl sites for hydroxylation is 1. The largest absolute Gasteiger partial charge is 0.477 e. The Morgan fingerprint density at radius 1 is 1.27 bits per heavy atom. The van der Waals surface area contributed by atoms with Crippen molar-refractivity contribution < 1.29 is 27.5 Å². The van der Waals surface area contributed by atoms with Crippen molar-refractivity contribution in [3.63, 3.8) is 0 Å². The van der Waals surface area contributed by atoms with Crippen molar-refractivity contribution in [3.05, 3.63) is 34.9 Å². The molecule has 15 heavy (non-hydrogen) atoms. The van der Waals surface area contributed by atoms with Crippen LogP contribution in [0, 0.1) is 18.6 Å². The molecule has 0 aliphatic rings. The third-order valence-electron chi connectivity index (χ3n) is 1.86. The van der Waals surface area contributed by atoms with Gasteiger partial charge in [-0.3, -0.25) is 0 Å². The summed E-state index contributed by atoms with van der Waals surface area (Å²) in [6.07, 6.45) is 0. The molecule has 0 aromatic heterocycles. The molecule has 0 aliphatic carbocycles. The molecule has 82 valence electrons.